The standard InChI is InChI=1S/C25H23NO6/c1-29-20-14-12-18(23(16-20)30-2)13-15-25(28)31-17-24(27)26-21-10-6-7-11-22(21)32-19-8-4-3-5-9-19/h3-16H,17H2,1-2H3,(H,26,27). The molecule has 0 radical (unpaired) electrons. The van der Waals surface area contributed by atoms with Crippen molar-refractivity contribution in [3.63, 3.8) is 0 Å². The van der Waals surface area contributed by atoms with Gasteiger partial charge >= 0.3 is 5.97 Å². The first-order valence-electron chi connectivity index (χ1n) is 9.77. The number of methoxy groups -OCH3 is 2. The van der Waals surface area contributed by atoms with Crippen LogP contribution in [0.2, 0.25) is 0 Å². The van der Waals surface area contributed by atoms with Crippen molar-refractivity contribution in [3.05, 3.63) is 84.4 Å². The lowest BCUT2D eigenvalue weighted by atomic mass is 10.2. The molecule has 0 unspecified atom stereocenters. The van der Waals surface area contributed by atoms with E-state index in [1.807, 2.05) is 30.3 Å². The van der Waals surface area contributed by atoms with Crippen molar-refractivity contribution in [1.29, 1.82) is 0 Å². The molecule has 3 rings (SSSR count). The average Bonchev–Trinajstić information content (AvgIpc) is 2.83. The molecule has 7 heteroatoms. The molecule has 0 fully saturated rings. The van der Waals surface area contributed by atoms with E-state index in [0.29, 0.717) is 34.2 Å². The maximum Gasteiger partial charge on any atom is 0.331 e. The predicted octanol–water partition coefficient (Wildman–Crippen LogP) is 4.69. The molecule has 3 aromatic rings. The summed E-state index contributed by atoms with van der Waals surface area (Å²) < 4.78 is 21.3. The second kappa shape index (κ2) is 11.2. The molecular weight excluding hydrogens is 410 g/mol. The average molecular weight is 433 g/mol. The highest BCUT2D eigenvalue weighted by atomic mass is 16.5. The third kappa shape index (κ3) is 6.37. The molecule has 0 aliphatic carbocycles. The fourth-order valence-corrected chi connectivity index (χ4v) is 2.76. The first kappa shape index (κ1) is 22.4. The molecule has 0 atom stereocenters. The van der Waals surface area contributed by atoms with Gasteiger partial charge in [0.15, 0.2) is 12.4 Å². The minimum absolute atomic E-state index is 0.442. The number of anilines is 1. The number of carbonyl (C=O) groups is 2. The van der Waals surface area contributed by atoms with E-state index in [1.165, 1.54) is 13.2 Å². The van der Waals surface area contributed by atoms with Crippen LogP contribution in [0, 0.1) is 0 Å². The minimum atomic E-state index is -0.660. The Kier molecular flexibility index (Phi) is 7.86. The summed E-state index contributed by atoms with van der Waals surface area (Å²) in [6.07, 6.45) is 2.77. The number of esters is 1. The van der Waals surface area contributed by atoms with Crippen LogP contribution in [-0.2, 0) is 14.3 Å². The van der Waals surface area contributed by atoms with Crippen molar-refractivity contribution in [2.45, 2.75) is 0 Å². The molecule has 1 N–H and O–H groups in total. The highest BCUT2D eigenvalue weighted by Gasteiger charge is 2.10. The van der Waals surface area contributed by atoms with Crippen molar-refractivity contribution in [2.75, 3.05) is 26.1 Å². The zero-order valence-electron chi connectivity index (χ0n) is 17.7. The van der Waals surface area contributed by atoms with E-state index in [4.69, 9.17) is 18.9 Å². The maximum atomic E-state index is 12.3. The fraction of sp³-hybridized carbons (Fsp3) is 0.120. The van der Waals surface area contributed by atoms with E-state index in [1.54, 1.807) is 55.7 Å². The second-order valence-electron chi connectivity index (χ2n) is 6.51. The van der Waals surface area contributed by atoms with Gasteiger partial charge in [-0.2, -0.15) is 0 Å². The van der Waals surface area contributed by atoms with Gasteiger partial charge in [-0.1, -0.05) is 30.3 Å². The first-order chi connectivity index (χ1) is 15.6. The zero-order valence-corrected chi connectivity index (χ0v) is 17.7. The summed E-state index contributed by atoms with van der Waals surface area (Å²) in [7, 11) is 3.08. The van der Waals surface area contributed by atoms with Gasteiger partial charge in [-0.05, 0) is 42.5 Å². The molecule has 7 nitrogen and oxygen atoms in total. The molecule has 1 amide bonds. The van der Waals surface area contributed by atoms with Gasteiger partial charge in [0.2, 0.25) is 0 Å². The Balaban J connectivity index is 1.55. The Morgan fingerprint density at radius 3 is 2.34 bits per heavy atom. The summed E-state index contributed by atoms with van der Waals surface area (Å²) in [5, 5.41) is 2.69. The lowest BCUT2D eigenvalue weighted by molar-refractivity contribution is -0.142. The van der Waals surface area contributed by atoms with Gasteiger partial charge in [-0.25, -0.2) is 4.79 Å². The highest BCUT2D eigenvalue weighted by molar-refractivity contribution is 5.95. The van der Waals surface area contributed by atoms with Crippen molar-refractivity contribution >= 4 is 23.6 Å². The van der Waals surface area contributed by atoms with Gasteiger partial charge in [0, 0.05) is 17.7 Å². The van der Waals surface area contributed by atoms with Crippen LogP contribution >= 0.6 is 0 Å². The predicted molar refractivity (Wildman–Crippen MR) is 121 cm³/mol. The summed E-state index contributed by atoms with van der Waals surface area (Å²) in [5.74, 6) is 1.14. The van der Waals surface area contributed by atoms with Gasteiger partial charge in [0.05, 0.1) is 19.9 Å². The van der Waals surface area contributed by atoms with Gasteiger partial charge in [-0.3, -0.25) is 4.79 Å². The number of amides is 1. The minimum Gasteiger partial charge on any atom is -0.497 e. The Hall–Kier alpha value is -4.26. The summed E-state index contributed by atoms with van der Waals surface area (Å²) in [4.78, 5) is 24.3. The molecule has 3 aromatic carbocycles. The molecule has 0 spiro atoms. The Bertz CT molecular complexity index is 1090. The summed E-state index contributed by atoms with van der Waals surface area (Å²) in [6, 6.07) is 21.4. The molecule has 0 saturated heterocycles. The van der Waals surface area contributed by atoms with Crippen LogP contribution in [0.5, 0.6) is 23.0 Å². The van der Waals surface area contributed by atoms with Gasteiger partial charge < -0.3 is 24.3 Å². The molecule has 0 aliphatic heterocycles. The number of hydrogen-bond donors (Lipinski definition) is 1. The number of rotatable bonds is 9. The monoisotopic (exact) mass is 433 g/mol. The molecule has 0 aromatic heterocycles. The van der Waals surface area contributed by atoms with E-state index in [0.717, 1.165) is 0 Å². The van der Waals surface area contributed by atoms with E-state index in [-0.39, 0.29) is 0 Å². The molecule has 0 bridgehead atoms. The van der Waals surface area contributed by atoms with Gasteiger partial charge in [0.1, 0.15) is 17.2 Å². The number of carbonyl (C=O) groups excluding carboxylic acids is 2. The number of nitrogens with one attached hydrogen (secondary N) is 1. The van der Waals surface area contributed by atoms with E-state index >= 15 is 0 Å². The molecule has 0 heterocycles. The lowest BCUT2D eigenvalue weighted by Gasteiger charge is -2.12. The van der Waals surface area contributed by atoms with Crippen molar-refractivity contribution < 1.29 is 28.5 Å². The molecule has 164 valence electrons. The number of hydrogen-bond acceptors (Lipinski definition) is 6. The van der Waals surface area contributed by atoms with Crippen LogP contribution in [0.1, 0.15) is 5.56 Å². The van der Waals surface area contributed by atoms with Gasteiger partial charge in [0.25, 0.3) is 5.91 Å². The quantitative estimate of drug-likeness (QED) is 0.389. The van der Waals surface area contributed by atoms with Crippen LogP contribution in [0.3, 0.4) is 0 Å². The molecule has 0 saturated carbocycles. The Morgan fingerprint density at radius 1 is 0.844 bits per heavy atom. The van der Waals surface area contributed by atoms with Crippen LogP contribution in [0.15, 0.2) is 78.9 Å². The van der Waals surface area contributed by atoms with Gasteiger partial charge in [-0.15, -0.1) is 0 Å². The second-order valence-corrected chi connectivity index (χ2v) is 6.51. The van der Waals surface area contributed by atoms with E-state index < -0.39 is 18.5 Å². The Morgan fingerprint density at radius 2 is 1.59 bits per heavy atom. The van der Waals surface area contributed by atoms with E-state index in [2.05, 4.69) is 5.32 Å². The third-order valence-electron chi connectivity index (χ3n) is 4.32. The molecule has 0 aliphatic rings. The SMILES string of the molecule is COc1ccc(C=CC(=O)OCC(=O)Nc2ccccc2Oc2ccccc2)c(OC)c1. The van der Waals surface area contributed by atoms with Crippen LogP contribution < -0.4 is 19.5 Å². The Labute approximate surface area is 186 Å². The summed E-state index contributed by atoms with van der Waals surface area (Å²) in [5.41, 5.74) is 1.14. The largest absolute Gasteiger partial charge is 0.497 e. The first-order valence-corrected chi connectivity index (χ1v) is 9.77. The third-order valence-corrected chi connectivity index (χ3v) is 4.32. The van der Waals surface area contributed by atoms with Crippen LogP contribution in [0.25, 0.3) is 6.08 Å². The normalized spacial score (nSPS) is 10.4. The smallest absolute Gasteiger partial charge is 0.331 e. The fourth-order valence-electron chi connectivity index (χ4n) is 2.76. The lowest BCUT2D eigenvalue weighted by Crippen LogP contribution is -2.20. The number of benzene rings is 3. The van der Waals surface area contributed by atoms with Crippen LogP contribution in [0.4, 0.5) is 5.69 Å². The number of ether oxygens (including phenoxy) is 4. The van der Waals surface area contributed by atoms with E-state index in [9.17, 15) is 9.59 Å². The number of para-hydroxylation sites is 3. The molecule has 32 heavy (non-hydrogen) atoms. The highest BCUT2D eigenvalue weighted by Crippen LogP contribution is 2.29. The van der Waals surface area contributed by atoms with Crippen molar-refractivity contribution in [2.24, 2.45) is 0 Å². The molecular formula is C25H23NO6. The summed E-state index contributed by atoms with van der Waals surface area (Å²) in [6.45, 7) is -0.442. The zero-order chi connectivity index (χ0) is 22.8. The maximum absolute atomic E-state index is 12.3. The summed E-state index contributed by atoms with van der Waals surface area (Å²) >= 11 is 0. The van der Waals surface area contributed by atoms with Crippen molar-refractivity contribution in [1.82, 2.24) is 0 Å². The van der Waals surface area contributed by atoms with Crippen molar-refractivity contribution in [3.8, 4) is 23.0 Å². The van der Waals surface area contributed by atoms with Crippen LogP contribution in [-0.4, -0.2) is 32.7 Å². The topological polar surface area (TPSA) is 83.1 Å².